The Morgan fingerprint density at radius 3 is 2.63 bits per heavy atom. The molecule has 0 amide bonds. The molecular weight excluding hydrogens is 366 g/mol. The number of nitrogens with zero attached hydrogens (tertiary/aromatic N) is 2. The van der Waals surface area contributed by atoms with Crippen molar-refractivity contribution in [3.05, 3.63) is 65.5 Å². The van der Waals surface area contributed by atoms with Gasteiger partial charge in [0.2, 0.25) is 21.8 Å². The molecular formula is C19H21N3O4S. The van der Waals surface area contributed by atoms with Crippen LogP contribution in [0.1, 0.15) is 17.0 Å². The van der Waals surface area contributed by atoms with Gasteiger partial charge in [0, 0.05) is 18.5 Å². The lowest BCUT2D eigenvalue weighted by molar-refractivity contribution is 0.414. The maximum absolute atomic E-state index is 12.2. The van der Waals surface area contributed by atoms with E-state index in [1.807, 2.05) is 49.4 Å². The highest BCUT2D eigenvalue weighted by atomic mass is 32.2. The first kappa shape index (κ1) is 19.1. The van der Waals surface area contributed by atoms with Crippen molar-refractivity contribution >= 4 is 10.0 Å². The Morgan fingerprint density at radius 2 is 1.89 bits per heavy atom. The number of benzene rings is 2. The van der Waals surface area contributed by atoms with Gasteiger partial charge in [-0.05, 0) is 30.7 Å². The van der Waals surface area contributed by atoms with E-state index in [1.165, 1.54) is 0 Å². The third-order valence-corrected chi connectivity index (χ3v) is 5.28. The topological polar surface area (TPSA) is 94.3 Å². The van der Waals surface area contributed by atoms with E-state index >= 15 is 0 Å². The van der Waals surface area contributed by atoms with E-state index in [0.717, 1.165) is 16.7 Å². The molecule has 0 fully saturated rings. The zero-order chi connectivity index (χ0) is 19.3. The molecule has 0 atom stereocenters. The summed E-state index contributed by atoms with van der Waals surface area (Å²) in [4.78, 5) is 0. The number of nitrogens with one attached hydrogen (secondary N) is 1. The Labute approximate surface area is 158 Å². The van der Waals surface area contributed by atoms with Crippen LogP contribution in [0.5, 0.6) is 5.75 Å². The fraction of sp³-hybridized carbons (Fsp3) is 0.263. The van der Waals surface area contributed by atoms with Crippen molar-refractivity contribution in [2.75, 3.05) is 13.7 Å². The van der Waals surface area contributed by atoms with Gasteiger partial charge in [-0.15, -0.1) is 10.2 Å². The molecule has 3 aromatic rings. The van der Waals surface area contributed by atoms with Crippen LogP contribution in [0.15, 0.2) is 52.9 Å². The van der Waals surface area contributed by atoms with Gasteiger partial charge in [-0.2, -0.15) is 0 Å². The van der Waals surface area contributed by atoms with E-state index in [-0.39, 0.29) is 12.3 Å². The average molecular weight is 387 g/mol. The predicted octanol–water partition coefficient (Wildman–Crippen LogP) is 2.72. The SMILES string of the molecule is COc1cccc(-c2nnc(CCNS(=O)(=O)Cc3ccc(C)cc3)o2)c1. The number of hydrogen-bond acceptors (Lipinski definition) is 6. The molecule has 7 nitrogen and oxygen atoms in total. The highest BCUT2D eigenvalue weighted by Gasteiger charge is 2.13. The van der Waals surface area contributed by atoms with Crippen molar-refractivity contribution < 1.29 is 17.6 Å². The number of aromatic nitrogens is 2. The third-order valence-electron chi connectivity index (χ3n) is 3.92. The molecule has 142 valence electrons. The number of hydrogen-bond donors (Lipinski definition) is 1. The first-order chi connectivity index (χ1) is 12.9. The summed E-state index contributed by atoms with van der Waals surface area (Å²) in [5.41, 5.74) is 2.58. The summed E-state index contributed by atoms with van der Waals surface area (Å²) < 4.78 is 37.7. The first-order valence-corrected chi connectivity index (χ1v) is 10.1. The first-order valence-electron chi connectivity index (χ1n) is 8.45. The lowest BCUT2D eigenvalue weighted by Crippen LogP contribution is -2.27. The molecule has 27 heavy (non-hydrogen) atoms. The molecule has 0 unspecified atom stereocenters. The summed E-state index contributed by atoms with van der Waals surface area (Å²) in [7, 11) is -1.84. The molecule has 0 radical (unpaired) electrons. The third kappa shape index (κ3) is 5.38. The number of sulfonamides is 1. The Kier molecular flexibility index (Phi) is 5.88. The highest BCUT2D eigenvalue weighted by Crippen LogP contribution is 2.22. The zero-order valence-electron chi connectivity index (χ0n) is 15.2. The zero-order valence-corrected chi connectivity index (χ0v) is 16.0. The number of methoxy groups -OCH3 is 1. The van der Waals surface area contributed by atoms with Gasteiger partial charge in [0.15, 0.2) is 0 Å². The van der Waals surface area contributed by atoms with Gasteiger partial charge < -0.3 is 9.15 Å². The fourth-order valence-electron chi connectivity index (χ4n) is 2.50. The van der Waals surface area contributed by atoms with Crippen molar-refractivity contribution in [3.63, 3.8) is 0 Å². The van der Waals surface area contributed by atoms with Crippen LogP contribution >= 0.6 is 0 Å². The minimum Gasteiger partial charge on any atom is -0.497 e. The van der Waals surface area contributed by atoms with Crippen molar-refractivity contribution in [2.24, 2.45) is 0 Å². The largest absolute Gasteiger partial charge is 0.497 e. The van der Waals surface area contributed by atoms with Gasteiger partial charge in [0.05, 0.1) is 12.9 Å². The second-order valence-corrected chi connectivity index (χ2v) is 7.93. The second-order valence-electron chi connectivity index (χ2n) is 6.12. The molecule has 1 aromatic heterocycles. The Hall–Kier alpha value is -2.71. The summed E-state index contributed by atoms with van der Waals surface area (Å²) in [5.74, 6) is 1.36. The van der Waals surface area contributed by atoms with Crippen LogP contribution in [-0.4, -0.2) is 32.3 Å². The lowest BCUT2D eigenvalue weighted by atomic mass is 10.2. The average Bonchev–Trinajstić information content (AvgIpc) is 3.12. The van der Waals surface area contributed by atoms with E-state index in [9.17, 15) is 8.42 Å². The van der Waals surface area contributed by atoms with Crippen molar-refractivity contribution in [2.45, 2.75) is 19.1 Å². The van der Waals surface area contributed by atoms with Crippen LogP contribution in [-0.2, 0) is 22.2 Å². The van der Waals surface area contributed by atoms with E-state index < -0.39 is 10.0 Å². The number of aryl methyl sites for hydroxylation is 1. The standard InChI is InChI=1S/C19H21N3O4S/c1-14-6-8-15(9-7-14)13-27(23,24)20-11-10-18-21-22-19(26-18)16-4-3-5-17(12-16)25-2/h3-9,12,20H,10-11,13H2,1-2H3. The Bertz CT molecular complexity index is 998. The quantitative estimate of drug-likeness (QED) is 0.639. The minimum absolute atomic E-state index is 0.0633. The maximum atomic E-state index is 12.2. The number of rotatable bonds is 8. The predicted molar refractivity (Wildman–Crippen MR) is 102 cm³/mol. The van der Waals surface area contributed by atoms with Crippen LogP contribution in [0.3, 0.4) is 0 Å². The van der Waals surface area contributed by atoms with Gasteiger partial charge in [0.25, 0.3) is 0 Å². The lowest BCUT2D eigenvalue weighted by Gasteiger charge is -2.06. The van der Waals surface area contributed by atoms with Crippen LogP contribution in [0.25, 0.3) is 11.5 Å². The normalized spacial score (nSPS) is 11.5. The van der Waals surface area contributed by atoms with Gasteiger partial charge in [0.1, 0.15) is 5.75 Å². The van der Waals surface area contributed by atoms with Crippen LogP contribution in [0.2, 0.25) is 0 Å². The molecule has 0 spiro atoms. The van der Waals surface area contributed by atoms with Crippen molar-refractivity contribution in [1.29, 1.82) is 0 Å². The van der Waals surface area contributed by atoms with E-state index in [4.69, 9.17) is 9.15 Å². The van der Waals surface area contributed by atoms with Crippen molar-refractivity contribution in [3.8, 4) is 17.2 Å². The van der Waals surface area contributed by atoms with Crippen molar-refractivity contribution in [1.82, 2.24) is 14.9 Å². The molecule has 2 aromatic carbocycles. The molecule has 8 heteroatoms. The van der Waals surface area contributed by atoms with E-state index in [2.05, 4.69) is 14.9 Å². The second kappa shape index (κ2) is 8.32. The molecule has 0 saturated carbocycles. The number of ether oxygens (including phenoxy) is 1. The molecule has 0 saturated heterocycles. The smallest absolute Gasteiger partial charge is 0.247 e. The van der Waals surface area contributed by atoms with Crippen LogP contribution in [0.4, 0.5) is 0 Å². The summed E-state index contributed by atoms with van der Waals surface area (Å²) in [6, 6.07) is 14.7. The molecule has 0 aliphatic carbocycles. The van der Waals surface area contributed by atoms with Gasteiger partial charge in [-0.25, -0.2) is 13.1 Å². The maximum Gasteiger partial charge on any atom is 0.247 e. The van der Waals surface area contributed by atoms with Crippen LogP contribution in [0, 0.1) is 6.92 Å². The summed E-state index contributed by atoms with van der Waals surface area (Å²) >= 11 is 0. The van der Waals surface area contributed by atoms with Gasteiger partial charge in [-0.1, -0.05) is 35.9 Å². The molecule has 0 aliphatic heterocycles. The summed E-state index contributed by atoms with van der Waals surface area (Å²) in [5, 5.41) is 7.97. The monoisotopic (exact) mass is 387 g/mol. The van der Waals surface area contributed by atoms with E-state index in [1.54, 1.807) is 13.2 Å². The molecule has 0 bridgehead atoms. The highest BCUT2D eigenvalue weighted by molar-refractivity contribution is 7.88. The summed E-state index contributed by atoms with van der Waals surface area (Å²) in [6.45, 7) is 2.15. The fourth-order valence-corrected chi connectivity index (χ4v) is 3.64. The van der Waals surface area contributed by atoms with Gasteiger partial charge in [-0.3, -0.25) is 0 Å². The van der Waals surface area contributed by atoms with Crippen LogP contribution < -0.4 is 9.46 Å². The van der Waals surface area contributed by atoms with Gasteiger partial charge >= 0.3 is 0 Å². The molecule has 3 rings (SSSR count). The Balaban J connectivity index is 1.56. The minimum atomic E-state index is -3.43. The summed E-state index contributed by atoms with van der Waals surface area (Å²) in [6.07, 6.45) is 0.310. The molecule has 1 heterocycles. The molecule has 0 aliphatic rings. The Morgan fingerprint density at radius 1 is 1.11 bits per heavy atom. The molecule has 1 N–H and O–H groups in total. The van der Waals surface area contributed by atoms with E-state index in [0.29, 0.717) is 24.0 Å².